The molecule has 0 aliphatic carbocycles. The summed E-state index contributed by atoms with van der Waals surface area (Å²) in [6.45, 7) is 0.324. The van der Waals surface area contributed by atoms with E-state index in [-0.39, 0.29) is 17.9 Å². The smallest absolute Gasteiger partial charge is 0.315 e. The van der Waals surface area contributed by atoms with Crippen LogP contribution in [-0.2, 0) is 6.54 Å². The van der Waals surface area contributed by atoms with Crippen LogP contribution < -0.4 is 10.6 Å². The fourth-order valence-corrected chi connectivity index (χ4v) is 4.19. The van der Waals surface area contributed by atoms with Crippen molar-refractivity contribution in [1.82, 2.24) is 25.2 Å². The summed E-state index contributed by atoms with van der Waals surface area (Å²) >= 11 is 1.68. The monoisotopic (exact) mass is 383 g/mol. The number of carbonyl (C=O) groups excluding carboxylic acids is 1. The maximum atomic E-state index is 13.6. The van der Waals surface area contributed by atoms with E-state index in [4.69, 9.17) is 0 Å². The minimum absolute atomic E-state index is 0.195. The van der Waals surface area contributed by atoms with Crippen LogP contribution in [0.3, 0.4) is 0 Å². The Balaban J connectivity index is 1.43. The molecule has 4 rings (SSSR count). The van der Waals surface area contributed by atoms with Crippen molar-refractivity contribution in [3.63, 3.8) is 0 Å². The highest BCUT2D eigenvalue weighted by atomic mass is 32.2. The Labute approximate surface area is 160 Å². The number of imidazole rings is 1. The standard InChI is InChI=1S/C19H18FN5OS/c20-14-3-4-17-15(10-14)16(5-9-27-17)24-19(26)23-11-13-2-1-6-22-18(13)25-8-7-21-12-25/h1-4,6-8,10,12,16H,5,9,11H2,(H2,23,24,26). The number of nitrogens with one attached hydrogen (secondary N) is 2. The van der Waals surface area contributed by atoms with Crippen molar-refractivity contribution in [2.45, 2.75) is 23.9 Å². The zero-order chi connectivity index (χ0) is 18.6. The normalized spacial score (nSPS) is 15.8. The van der Waals surface area contributed by atoms with Crippen LogP contribution in [0, 0.1) is 5.82 Å². The number of nitrogens with zero attached hydrogens (tertiary/aromatic N) is 3. The number of halogens is 1. The molecule has 1 aliphatic heterocycles. The SMILES string of the molecule is O=C(NCc1cccnc1-n1ccnc1)NC1CCSc2ccc(F)cc21. The average molecular weight is 383 g/mol. The van der Waals surface area contributed by atoms with E-state index in [0.717, 1.165) is 34.0 Å². The number of pyridine rings is 1. The van der Waals surface area contributed by atoms with Crippen molar-refractivity contribution < 1.29 is 9.18 Å². The molecule has 2 amide bonds. The van der Waals surface area contributed by atoms with Crippen LogP contribution in [-0.4, -0.2) is 26.3 Å². The molecule has 0 radical (unpaired) electrons. The molecule has 0 bridgehead atoms. The van der Waals surface area contributed by atoms with Gasteiger partial charge in [0.2, 0.25) is 0 Å². The van der Waals surface area contributed by atoms with Gasteiger partial charge in [-0.15, -0.1) is 11.8 Å². The highest BCUT2D eigenvalue weighted by molar-refractivity contribution is 7.99. The van der Waals surface area contributed by atoms with E-state index < -0.39 is 0 Å². The first-order valence-electron chi connectivity index (χ1n) is 8.59. The lowest BCUT2D eigenvalue weighted by atomic mass is 10.0. The van der Waals surface area contributed by atoms with Gasteiger partial charge < -0.3 is 10.6 Å². The van der Waals surface area contributed by atoms with Crippen LogP contribution in [0.15, 0.2) is 60.1 Å². The minimum atomic E-state index is -0.289. The summed E-state index contributed by atoms with van der Waals surface area (Å²) in [5.41, 5.74) is 1.71. The van der Waals surface area contributed by atoms with Gasteiger partial charge in [-0.3, -0.25) is 4.57 Å². The van der Waals surface area contributed by atoms with Gasteiger partial charge >= 0.3 is 6.03 Å². The van der Waals surface area contributed by atoms with Gasteiger partial charge in [0, 0.05) is 41.3 Å². The predicted molar refractivity (Wildman–Crippen MR) is 101 cm³/mol. The second-order valence-electron chi connectivity index (χ2n) is 6.15. The molecular weight excluding hydrogens is 365 g/mol. The number of benzene rings is 1. The number of aromatic nitrogens is 3. The highest BCUT2D eigenvalue weighted by Gasteiger charge is 2.23. The van der Waals surface area contributed by atoms with E-state index >= 15 is 0 Å². The number of hydrogen-bond acceptors (Lipinski definition) is 4. The van der Waals surface area contributed by atoms with Crippen molar-refractivity contribution in [3.8, 4) is 5.82 Å². The maximum Gasteiger partial charge on any atom is 0.315 e. The van der Waals surface area contributed by atoms with E-state index in [0.29, 0.717) is 6.54 Å². The first-order valence-corrected chi connectivity index (χ1v) is 9.58. The summed E-state index contributed by atoms with van der Waals surface area (Å²) in [6, 6.07) is 7.98. The van der Waals surface area contributed by atoms with Gasteiger partial charge in [-0.25, -0.2) is 19.2 Å². The number of hydrogen-bond donors (Lipinski definition) is 2. The lowest BCUT2D eigenvalue weighted by molar-refractivity contribution is 0.236. The molecule has 2 aromatic heterocycles. The van der Waals surface area contributed by atoms with Crippen molar-refractivity contribution >= 4 is 17.8 Å². The Morgan fingerprint density at radius 3 is 3.11 bits per heavy atom. The lowest BCUT2D eigenvalue weighted by Gasteiger charge is -2.26. The molecule has 6 nitrogen and oxygen atoms in total. The van der Waals surface area contributed by atoms with Crippen molar-refractivity contribution in [2.24, 2.45) is 0 Å². The van der Waals surface area contributed by atoms with E-state index in [9.17, 15) is 9.18 Å². The molecule has 3 aromatic rings. The Kier molecular flexibility index (Phi) is 5.06. The van der Waals surface area contributed by atoms with Crippen LogP contribution in [0.2, 0.25) is 0 Å². The molecule has 3 heterocycles. The zero-order valence-electron chi connectivity index (χ0n) is 14.4. The summed E-state index contributed by atoms with van der Waals surface area (Å²) in [6.07, 6.45) is 7.61. The number of amides is 2. The van der Waals surface area contributed by atoms with E-state index in [2.05, 4.69) is 20.6 Å². The number of fused-ring (bicyclic) bond motifs is 1. The zero-order valence-corrected chi connectivity index (χ0v) is 15.2. The molecule has 0 fully saturated rings. The Morgan fingerprint density at radius 2 is 2.26 bits per heavy atom. The highest BCUT2D eigenvalue weighted by Crippen LogP contribution is 2.36. The largest absolute Gasteiger partial charge is 0.334 e. The summed E-state index contributed by atoms with van der Waals surface area (Å²) in [5, 5.41) is 5.83. The summed E-state index contributed by atoms with van der Waals surface area (Å²) in [5.74, 6) is 1.32. The average Bonchev–Trinajstić information content (AvgIpc) is 3.22. The minimum Gasteiger partial charge on any atom is -0.334 e. The predicted octanol–water partition coefficient (Wildman–Crippen LogP) is 3.44. The van der Waals surface area contributed by atoms with E-state index in [1.807, 2.05) is 12.1 Å². The van der Waals surface area contributed by atoms with Gasteiger partial charge in [0.05, 0.1) is 6.04 Å². The summed E-state index contributed by atoms with van der Waals surface area (Å²) < 4.78 is 15.4. The molecule has 0 saturated heterocycles. The van der Waals surface area contributed by atoms with Crippen molar-refractivity contribution in [2.75, 3.05) is 5.75 Å². The Hall–Kier alpha value is -2.87. The van der Waals surface area contributed by atoms with Crippen molar-refractivity contribution in [1.29, 1.82) is 0 Å². The molecule has 8 heteroatoms. The third kappa shape index (κ3) is 3.95. The summed E-state index contributed by atoms with van der Waals surface area (Å²) in [4.78, 5) is 21.8. The first-order chi connectivity index (χ1) is 13.2. The second kappa shape index (κ2) is 7.79. The number of thioether (sulfide) groups is 1. The fourth-order valence-electron chi connectivity index (χ4n) is 3.09. The van der Waals surface area contributed by atoms with Crippen LogP contribution >= 0.6 is 11.8 Å². The molecule has 1 unspecified atom stereocenters. The molecule has 0 spiro atoms. The van der Waals surface area contributed by atoms with Gasteiger partial charge in [-0.05, 0) is 36.2 Å². The van der Waals surface area contributed by atoms with Crippen LogP contribution in [0.5, 0.6) is 0 Å². The molecule has 1 aliphatic rings. The molecule has 0 saturated carbocycles. The molecule has 27 heavy (non-hydrogen) atoms. The van der Waals surface area contributed by atoms with Crippen LogP contribution in [0.1, 0.15) is 23.6 Å². The molecule has 1 atom stereocenters. The van der Waals surface area contributed by atoms with Gasteiger partial charge in [0.15, 0.2) is 0 Å². The second-order valence-corrected chi connectivity index (χ2v) is 7.29. The maximum absolute atomic E-state index is 13.6. The number of rotatable bonds is 4. The quantitative estimate of drug-likeness (QED) is 0.724. The Morgan fingerprint density at radius 1 is 1.33 bits per heavy atom. The van der Waals surface area contributed by atoms with E-state index in [1.54, 1.807) is 47.3 Å². The third-order valence-corrected chi connectivity index (χ3v) is 5.50. The number of carbonyl (C=O) groups is 1. The summed E-state index contributed by atoms with van der Waals surface area (Å²) in [7, 11) is 0. The third-order valence-electron chi connectivity index (χ3n) is 4.37. The number of urea groups is 1. The first kappa shape index (κ1) is 17.5. The lowest BCUT2D eigenvalue weighted by Crippen LogP contribution is -2.38. The van der Waals surface area contributed by atoms with E-state index in [1.165, 1.54) is 12.1 Å². The fraction of sp³-hybridized carbons (Fsp3) is 0.211. The topological polar surface area (TPSA) is 71.8 Å². The van der Waals surface area contributed by atoms with Crippen LogP contribution in [0.25, 0.3) is 5.82 Å². The van der Waals surface area contributed by atoms with Crippen LogP contribution in [0.4, 0.5) is 9.18 Å². The molecule has 138 valence electrons. The van der Waals surface area contributed by atoms with Gasteiger partial charge in [-0.1, -0.05) is 6.07 Å². The Bertz CT molecular complexity index is 947. The molecular formula is C19H18FN5OS. The van der Waals surface area contributed by atoms with Gasteiger partial charge in [0.1, 0.15) is 18.0 Å². The molecule has 2 N–H and O–H groups in total. The molecule has 1 aromatic carbocycles. The van der Waals surface area contributed by atoms with Crippen molar-refractivity contribution in [3.05, 3.63) is 72.2 Å². The van der Waals surface area contributed by atoms with Gasteiger partial charge in [0.25, 0.3) is 0 Å². The van der Waals surface area contributed by atoms with Gasteiger partial charge in [-0.2, -0.15) is 0 Å².